The molecule has 0 aromatic heterocycles. The van der Waals surface area contributed by atoms with Crippen molar-refractivity contribution >= 4 is 15.9 Å². The van der Waals surface area contributed by atoms with Gasteiger partial charge < -0.3 is 10.6 Å². The van der Waals surface area contributed by atoms with Crippen LogP contribution in [0.4, 0.5) is 0 Å². The molecule has 0 bridgehead atoms. The first-order valence-corrected chi connectivity index (χ1v) is 9.86. The first kappa shape index (κ1) is 18.9. The number of benzene rings is 1. The second-order valence-corrected chi connectivity index (χ2v) is 8.53. The largest absolute Gasteiger partial charge is 0.338 e. The molecule has 0 radical (unpaired) electrons. The fourth-order valence-electron chi connectivity index (χ4n) is 2.98. The molecule has 1 aromatic carbocycles. The fourth-order valence-corrected chi connectivity index (χ4v) is 4.28. The molecule has 7 heteroatoms. The van der Waals surface area contributed by atoms with Gasteiger partial charge in [0.05, 0.1) is 4.90 Å². The van der Waals surface area contributed by atoms with Gasteiger partial charge in [-0.2, -0.15) is 0 Å². The molecule has 1 saturated heterocycles. The van der Waals surface area contributed by atoms with Gasteiger partial charge in [0.1, 0.15) is 0 Å². The molecule has 2 rings (SSSR count). The number of rotatable bonds is 5. The van der Waals surface area contributed by atoms with Crippen LogP contribution in [0.25, 0.3) is 0 Å². The van der Waals surface area contributed by atoms with Crippen LogP contribution in [0.2, 0.25) is 0 Å². The van der Waals surface area contributed by atoms with Crippen molar-refractivity contribution in [2.45, 2.75) is 50.6 Å². The molecule has 1 heterocycles. The van der Waals surface area contributed by atoms with Crippen LogP contribution in [0.1, 0.15) is 44.0 Å². The van der Waals surface area contributed by atoms with E-state index in [0.29, 0.717) is 18.7 Å². The van der Waals surface area contributed by atoms with Crippen LogP contribution < -0.4 is 10.5 Å². The zero-order chi connectivity index (χ0) is 17.9. The van der Waals surface area contributed by atoms with Crippen molar-refractivity contribution in [1.82, 2.24) is 9.62 Å². The Balaban J connectivity index is 2.20. The Morgan fingerprint density at radius 2 is 2.04 bits per heavy atom. The number of amides is 1. The van der Waals surface area contributed by atoms with E-state index in [0.717, 1.165) is 12.8 Å². The summed E-state index contributed by atoms with van der Waals surface area (Å²) in [6.07, 6.45) is 1.94. The summed E-state index contributed by atoms with van der Waals surface area (Å²) in [7, 11) is -3.61. The average molecular weight is 353 g/mol. The lowest BCUT2D eigenvalue weighted by atomic mass is 9.92. The molecule has 3 N–H and O–H groups in total. The number of nitrogens with zero attached hydrogens (tertiary/aromatic N) is 1. The number of carbonyl (C=O) groups excluding carboxylic acids is 1. The van der Waals surface area contributed by atoms with E-state index in [9.17, 15) is 13.2 Å². The molecule has 0 aliphatic carbocycles. The molecule has 1 fully saturated rings. The summed E-state index contributed by atoms with van der Waals surface area (Å²) in [6, 6.07) is 6.05. The van der Waals surface area contributed by atoms with Gasteiger partial charge >= 0.3 is 0 Å². The molecule has 134 valence electrons. The molecule has 1 aliphatic heterocycles. The second kappa shape index (κ2) is 7.63. The van der Waals surface area contributed by atoms with E-state index in [4.69, 9.17) is 5.73 Å². The number of nitrogens with one attached hydrogen (secondary N) is 1. The van der Waals surface area contributed by atoms with Crippen LogP contribution in [-0.2, 0) is 10.0 Å². The Bertz CT molecular complexity index is 686. The van der Waals surface area contributed by atoms with Gasteiger partial charge in [-0.1, -0.05) is 6.07 Å². The molecular weight excluding hydrogens is 326 g/mol. The predicted molar refractivity (Wildman–Crippen MR) is 94.2 cm³/mol. The standard InChI is InChI=1S/C17H27N3O3S/c1-12(2)19-24(22,23)16-8-4-6-14(10-16)17(21)20-9-5-7-15(11-20)13(3)18/h4,6,8,10,12-13,15,19H,5,7,9,11,18H2,1-3H3. The summed E-state index contributed by atoms with van der Waals surface area (Å²) in [5, 5.41) is 0. The van der Waals surface area contributed by atoms with Crippen molar-refractivity contribution in [3.05, 3.63) is 29.8 Å². The zero-order valence-electron chi connectivity index (χ0n) is 14.5. The van der Waals surface area contributed by atoms with Crippen LogP contribution in [0, 0.1) is 5.92 Å². The molecule has 2 atom stereocenters. The Morgan fingerprint density at radius 1 is 1.33 bits per heavy atom. The number of hydrogen-bond acceptors (Lipinski definition) is 4. The molecular formula is C17H27N3O3S. The summed E-state index contributed by atoms with van der Waals surface area (Å²) >= 11 is 0. The summed E-state index contributed by atoms with van der Waals surface area (Å²) in [5.41, 5.74) is 6.37. The highest BCUT2D eigenvalue weighted by molar-refractivity contribution is 7.89. The lowest BCUT2D eigenvalue weighted by Gasteiger charge is -2.34. The maximum absolute atomic E-state index is 12.7. The van der Waals surface area contributed by atoms with Crippen molar-refractivity contribution in [1.29, 1.82) is 0 Å². The lowest BCUT2D eigenvalue weighted by molar-refractivity contribution is 0.0660. The summed E-state index contributed by atoms with van der Waals surface area (Å²) < 4.78 is 27.1. The van der Waals surface area contributed by atoms with Crippen molar-refractivity contribution in [2.75, 3.05) is 13.1 Å². The van der Waals surface area contributed by atoms with Crippen molar-refractivity contribution in [2.24, 2.45) is 11.7 Å². The second-order valence-electron chi connectivity index (χ2n) is 6.82. The lowest BCUT2D eigenvalue weighted by Crippen LogP contribution is -2.45. The number of hydrogen-bond donors (Lipinski definition) is 2. The first-order chi connectivity index (χ1) is 11.2. The highest BCUT2D eigenvalue weighted by Gasteiger charge is 2.27. The normalized spacial score (nSPS) is 20.2. The SMILES string of the molecule is CC(C)NS(=O)(=O)c1cccc(C(=O)N2CCCC(C(C)N)C2)c1. The van der Waals surface area contributed by atoms with E-state index in [1.807, 2.05) is 6.92 Å². The molecule has 0 saturated carbocycles. The van der Waals surface area contributed by atoms with Gasteiger partial charge in [0.15, 0.2) is 0 Å². The van der Waals surface area contributed by atoms with E-state index in [-0.39, 0.29) is 28.8 Å². The van der Waals surface area contributed by atoms with Gasteiger partial charge in [0.25, 0.3) is 5.91 Å². The van der Waals surface area contributed by atoms with Gasteiger partial charge in [0, 0.05) is 30.7 Å². The highest BCUT2D eigenvalue weighted by Crippen LogP contribution is 2.21. The van der Waals surface area contributed by atoms with Crippen LogP contribution in [-0.4, -0.2) is 44.4 Å². The average Bonchev–Trinajstić information content (AvgIpc) is 2.53. The predicted octanol–water partition coefficient (Wildman–Crippen LogP) is 1.57. The monoisotopic (exact) mass is 353 g/mol. The third kappa shape index (κ3) is 4.55. The van der Waals surface area contributed by atoms with E-state index < -0.39 is 10.0 Å². The van der Waals surface area contributed by atoms with Gasteiger partial charge in [0.2, 0.25) is 10.0 Å². The van der Waals surface area contributed by atoms with Gasteiger partial charge in [-0.25, -0.2) is 13.1 Å². The maximum atomic E-state index is 12.7. The summed E-state index contributed by atoms with van der Waals surface area (Å²) in [6.45, 7) is 6.78. The van der Waals surface area contributed by atoms with Gasteiger partial charge in [-0.15, -0.1) is 0 Å². The third-order valence-electron chi connectivity index (χ3n) is 4.27. The van der Waals surface area contributed by atoms with E-state index in [1.54, 1.807) is 30.9 Å². The quantitative estimate of drug-likeness (QED) is 0.840. The number of carbonyl (C=O) groups is 1. The van der Waals surface area contributed by atoms with Crippen LogP contribution in [0.15, 0.2) is 29.2 Å². The fraction of sp³-hybridized carbons (Fsp3) is 0.588. The van der Waals surface area contributed by atoms with Crippen LogP contribution >= 0.6 is 0 Å². The number of nitrogens with two attached hydrogens (primary N) is 1. The van der Waals surface area contributed by atoms with E-state index in [2.05, 4.69) is 4.72 Å². The molecule has 1 amide bonds. The smallest absolute Gasteiger partial charge is 0.253 e. The van der Waals surface area contributed by atoms with Crippen LogP contribution in [0.5, 0.6) is 0 Å². The molecule has 2 unspecified atom stereocenters. The number of sulfonamides is 1. The van der Waals surface area contributed by atoms with E-state index >= 15 is 0 Å². The highest BCUT2D eigenvalue weighted by atomic mass is 32.2. The molecule has 1 aromatic rings. The minimum atomic E-state index is -3.61. The Hall–Kier alpha value is -1.44. The molecule has 0 spiro atoms. The minimum absolute atomic E-state index is 0.0440. The molecule has 1 aliphatic rings. The zero-order valence-corrected chi connectivity index (χ0v) is 15.3. The van der Waals surface area contributed by atoms with Gasteiger partial charge in [-0.3, -0.25) is 4.79 Å². The van der Waals surface area contributed by atoms with E-state index in [1.165, 1.54) is 12.1 Å². The number of piperidine rings is 1. The molecule has 24 heavy (non-hydrogen) atoms. The van der Waals surface area contributed by atoms with Gasteiger partial charge in [-0.05, 0) is 57.7 Å². The van der Waals surface area contributed by atoms with Crippen molar-refractivity contribution in [3.8, 4) is 0 Å². The summed E-state index contributed by atoms with van der Waals surface area (Å²) in [4.78, 5) is 14.6. The minimum Gasteiger partial charge on any atom is -0.338 e. The van der Waals surface area contributed by atoms with Crippen LogP contribution in [0.3, 0.4) is 0 Å². The third-order valence-corrected chi connectivity index (χ3v) is 5.93. The summed E-state index contributed by atoms with van der Waals surface area (Å²) in [5.74, 6) is 0.152. The topological polar surface area (TPSA) is 92.5 Å². The Kier molecular flexibility index (Phi) is 6.01. The van der Waals surface area contributed by atoms with Crippen molar-refractivity contribution < 1.29 is 13.2 Å². The first-order valence-electron chi connectivity index (χ1n) is 8.38. The molecule has 6 nitrogen and oxygen atoms in total. The number of likely N-dealkylation sites (tertiary alicyclic amines) is 1. The Morgan fingerprint density at radius 3 is 2.67 bits per heavy atom. The Labute approximate surface area is 144 Å². The van der Waals surface area contributed by atoms with Crippen molar-refractivity contribution in [3.63, 3.8) is 0 Å². The maximum Gasteiger partial charge on any atom is 0.253 e.